The number of thioether (sulfide) groups is 1. The maximum atomic E-state index is 13.1. The quantitative estimate of drug-likeness (QED) is 0.323. The van der Waals surface area contributed by atoms with Gasteiger partial charge in [-0.3, -0.25) is 18.6 Å². The summed E-state index contributed by atoms with van der Waals surface area (Å²) in [6.45, 7) is 8.84. The summed E-state index contributed by atoms with van der Waals surface area (Å²) in [6, 6.07) is 15.4. The van der Waals surface area contributed by atoms with Gasteiger partial charge in [0.2, 0.25) is 11.7 Å². The number of aryl methyl sites for hydroxylation is 1. The predicted octanol–water partition coefficient (Wildman–Crippen LogP) is 5.48. The fourth-order valence-electron chi connectivity index (χ4n) is 4.03. The van der Waals surface area contributed by atoms with E-state index in [9.17, 15) is 9.59 Å². The molecule has 2 heterocycles. The predicted molar refractivity (Wildman–Crippen MR) is 139 cm³/mol. The molecule has 0 saturated heterocycles. The zero-order valence-corrected chi connectivity index (χ0v) is 20.9. The van der Waals surface area contributed by atoms with Gasteiger partial charge in [-0.15, -0.1) is 10.2 Å². The molecule has 8 heteroatoms. The molecule has 1 amide bonds. The fraction of sp³-hybridized carbons (Fsp3) is 0.385. The van der Waals surface area contributed by atoms with E-state index in [4.69, 9.17) is 0 Å². The van der Waals surface area contributed by atoms with Crippen molar-refractivity contribution in [3.63, 3.8) is 0 Å². The monoisotopic (exact) mass is 477 g/mol. The summed E-state index contributed by atoms with van der Waals surface area (Å²) in [4.78, 5) is 26.2. The van der Waals surface area contributed by atoms with Crippen LogP contribution in [-0.2, 0) is 11.3 Å². The second-order valence-corrected chi connectivity index (χ2v) is 9.90. The number of hydrogen-bond donors (Lipinski definition) is 1. The lowest BCUT2D eigenvalue weighted by Gasteiger charge is -2.17. The molecule has 0 aliphatic heterocycles. The normalized spacial score (nSPS) is 13.3. The van der Waals surface area contributed by atoms with E-state index in [-0.39, 0.29) is 11.5 Å². The zero-order chi connectivity index (χ0) is 24.2. The van der Waals surface area contributed by atoms with Crippen molar-refractivity contribution in [2.45, 2.75) is 69.8 Å². The van der Waals surface area contributed by atoms with Crippen molar-refractivity contribution in [2.75, 3.05) is 5.32 Å². The first-order chi connectivity index (χ1) is 16.5. The number of unbranched alkanes of at least 4 members (excludes halogenated alkanes) is 1. The molecule has 2 atom stereocenters. The third-order valence-corrected chi connectivity index (χ3v) is 7.27. The number of rotatable bonds is 9. The van der Waals surface area contributed by atoms with Gasteiger partial charge in [0.05, 0.1) is 16.2 Å². The number of nitrogens with zero attached hydrogens (tertiary/aromatic N) is 4. The van der Waals surface area contributed by atoms with Crippen LogP contribution >= 0.6 is 11.8 Å². The van der Waals surface area contributed by atoms with Crippen LogP contribution in [0.2, 0.25) is 0 Å². The first-order valence-corrected chi connectivity index (χ1v) is 12.8. The average Bonchev–Trinajstić information content (AvgIpc) is 3.27. The SMILES string of the molecule is CCCCn1c(=O)c2ccccc2n2c(SC(C)C(=O)Nc3ccccc3C(C)CC)nnc12. The Balaban J connectivity index is 1.67. The number of aromatic nitrogens is 4. The maximum absolute atomic E-state index is 13.1. The highest BCUT2D eigenvalue weighted by Crippen LogP contribution is 2.29. The molecule has 4 rings (SSSR count). The Morgan fingerprint density at radius 1 is 1.06 bits per heavy atom. The molecule has 4 aromatic rings. The topological polar surface area (TPSA) is 81.3 Å². The number of para-hydroxylation sites is 2. The molecule has 0 aliphatic rings. The maximum Gasteiger partial charge on any atom is 0.262 e. The molecule has 0 aliphatic carbocycles. The van der Waals surface area contributed by atoms with E-state index < -0.39 is 5.25 Å². The van der Waals surface area contributed by atoms with Gasteiger partial charge in [0.25, 0.3) is 5.56 Å². The molecule has 0 fully saturated rings. The van der Waals surface area contributed by atoms with Crippen LogP contribution in [0.1, 0.15) is 58.4 Å². The minimum absolute atomic E-state index is 0.0621. The molecular weight excluding hydrogens is 446 g/mol. The second-order valence-electron chi connectivity index (χ2n) is 8.59. The fourth-order valence-corrected chi connectivity index (χ4v) is 4.89. The highest BCUT2D eigenvalue weighted by Gasteiger charge is 2.22. The first-order valence-electron chi connectivity index (χ1n) is 11.9. The van der Waals surface area contributed by atoms with Crippen molar-refractivity contribution in [2.24, 2.45) is 0 Å². The van der Waals surface area contributed by atoms with Crippen molar-refractivity contribution >= 4 is 40.0 Å². The minimum Gasteiger partial charge on any atom is -0.325 e. The van der Waals surface area contributed by atoms with Crippen molar-refractivity contribution in [3.05, 3.63) is 64.4 Å². The summed E-state index contributed by atoms with van der Waals surface area (Å²) in [5.74, 6) is 0.765. The van der Waals surface area contributed by atoms with Gasteiger partial charge >= 0.3 is 0 Å². The van der Waals surface area contributed by atoms with Gasteiger partial charge in [0.1, 0.15) is 0 Å². The smallest absolute Gasteiger partial charge is 0.262 e. The third-order valence-electron chi connectivity index (χ3n) is 6.23. The van der Waals surface area contributed by atoms with E-state index in [0.29, 0.717) is 28.8 Å². The molecule has 0 radical (unpaired) electrons. The van der Waals surface area contributed by atoms with Crippen molar-refractivity contribution in [3.8, 4) is 0 Å². The van der Waals surface area contributed by atoms with Crippen molar-refractivity contribution in [1.29, 1.82) is 0 Å². The van der Waals surface area contributed by atoms with Crippen LogP contribution in [0.5, 0.6) is 0 Å². The lowest BCUT2D eigenvalue weighted by Crippen LogP contribution is -2.24. The highest BCUT2D eigenvalue weighted by molar-refractivity contribution is 8.00. The highest BCUT2D eigenvalue weighted by atomic mass is 32.2. The Morgan fingerprint density at radius 2 is 1.79 bits per heavy atom. The van der Waals surface area contributed by atoms with Gasteiger partial charge in [-0.2, -0.15) is 0 Å². The summed E-state index contributed by atoms with van der Waals surface area (Å²) >= 11 is 1.34. The number of fused-ring (bicyclic) bond motifs is 3. The Bertz CT molecular complexity index is 1380. The Hall–Kier alpha value is -3.13. The van der Waals surface area contributed by atoms with E-state index in [1.165, 1.54) is 11.8 Å². The number of benzene rings is 2. The summed E-state index contributed by atoms with van der Waals surface area (Å²) < 4.78 is 3.59. The van der Waals surface area contributed by atoms with Crippen LogP contribution in [0.15, 0.2) is 58.5 Å². The summed E-state index contributed by atoms with van der Waals surface area (Å²) in [5, 5.41) is 12.6. The molecule has 1 N–H and O–H groups in total. The number of anilines is 1. The van der Waals surface area contributed by atoms with Crippen molar-refractivity contribution in [1.82, 2.24) is 19.2 Å². The molecule has 2 aromatic heterocycles. The van der Waals surface area contributed by atoms with Gasteiger partial charge < -0.3 is 5.32 Å². The Kier molecular flexibility index (Phi) is 7.36. The molecule has 0 bridgehead atoms. The molecule has 0 saturated carbocycles. The van der Waals surface area contributed by atoms with E-state index in [1.807, 2.05) is 53.8 Å². The van der Waals surface area contributed by atoms with Crippen LogP contribution in [0.4, 0.5) is 5.69 Å². The zero-order valence-electron chi connectivity index (χ0n) is 20.1. The third kappa shape index (κ3) is 4.59. The summed E-state index contributed by atoms with van der Waals surface area (Å²) in [5.41, 5.74) is 2.67. The molecular formula is C26H31N5O2S. The first kappa shape index (κ1) is 24.0. The molecule has 7 nitrogen and oxygen atoms in total. The standard InChI is InChI=1S/C26H31N5O2S/c1-5-7-16-30-24(33)20-13-9-11-15-22(20)31-25(30)28-29-26(31)34-18(4)23(32)27-21-14-10-8-12-19(21)17(3)6-2/h8-15,17-18H,5-7,16H2,1-4H3,(H,27,32). The van der Waals surface area contributed by atoms with E-state index in [1.54, 1.807) is 4.57 Å². The Morgan fingerprint density at radius 3 is 2.56 bits per heavy atom. The largest absolute Gasteiger partial charge is 0.325 e. The van der Waals surface area contributed by atoms with Gasteiger partial charge in [0, 0.05) is 12.2 Å². The molecule has 2 aromatic carbocycles. The Labute approximate surface area is 203 Å². The molecule has 0 spiro atoms. The summed E-state index contributed by atoms with van der Waals surface area (Å²) in [6.07, 6.45) is 2.84. The molecule has 2 unspecified atom stereocenters. The number of carbonyl (C=O) groups excluding carboxylic acids is 1. The lowest BCUT2D eigenvalue weighted by atomic mass is 9.97. The van der Waals surface area contributed by atoms with E-state index >= 15 is 0 Å². The van der Waals surface area contributed by atoms with Gasteiger partial charge in [-0.25, -0.2) is 0 Å². The minimum atomic E-state index is -0.410. The van der Waals surface area contributed by atoms with Gasteiger partial charge in [0.15, 0.2) is 5.16 Å². The number of hydrogen-bond acceptors (Lipinski definition) is 5. The molecule has 178 valence electrons. The van der Waals surface area contributed by atoms with E-state index in [0.717, 1.165) is 36.0 Å². The van der Waals surface area contributed by atoms with Crippen LogP contribution in [0.3, 0.4) is 0 Å². The van der Waals surface area contributed by atoms with Gasteiger partial charge in [-0.1, -0.05) is 69.3 Å². The van der Waals surface area contributed by atoms with Crippen LogP contribution in [0.25, 0.3) is 16.7 Å². The van der Waals surface area contributed by atoms with Crippen molar-refractivity contribution < 1.29 is 4.79 Å². The van der Waals surface area contributed by atoms with E-state index in [2.05, 4.69) is 42.4 Å². The molecule has 34 heavy (non-hydrogen) atoms. The number of nitrogens with one attached hydrogen (secondary N) is 1. The lowest BCUT2D eigenvalue weighted by molar-refractivity contribution is -0.115. The van der Waals surface area contributed by atoms with Gasteiger partial charge in [-0.05, 0) is 49.4 Å². The van der Waals surface area contributed by atoms with Crippen LogP contribution in [0, 0.1) is 0 Å². The van der Waals surface area contributed by atoms with Crippen LogP contribution < -0.4 is 10.9 Å². The number of amides is 1. The average molecular weight is 478 g/mol. The second kappa shape index (κ2) is 10.4. The number of carbonyl (C=O) groups is 1. The summed E-state index contributed by atoms with van der Waals surface area (Å²) in [7, 11) is 0. The van der Waals surface area contributed by atoms with Crippen LogP contribution in [-0.4, -0.2) is 30.3 Å².